The number of nitrogens with two attached hydrogens (primary N) is 1. The lowest BCUT2D eigenvalue weighted by molar-refractivity contribution is 0.0527. The Labute approximate surface area is 109 Å². The third-order valence-electron chi connectivity index (χ3n) is 2.66. The minimum Gasteiger partial charge on any atom is -0.462 e. The van der Waals surface area contributed by atoms with Crippen LogP contribution in [-0.4, -0.2) is 18.6 Å². The highest BCUT2D eigenvalue weighted by molar-refractivity contribution is 5.96. The number of ether oxygens (including phenoxy) is 1. The van der Waals surface area contributed by atoms with E-state index in [0.29, 0.717) is 23.9 Å². The Kier molecular flexibility index (Phi) is 5.49. The molecule has 0 heterocycles. The molecule has 0 spiro atoms. The van der Waals surface area contributed by atoms with Crippen LogP contribution in [0.1, 0.15) is 44.0 Å². The van der Waals surface area contributed by atoms with E-state index in [2.05, 4.69) is 19.2 Å². The molecule has 1 aromatic carbocycles. The van der Waals surface area contributed by atoms with Gasteiger partial charge in [0.15, 0.2) is 0 Å². The van der Waals surface area contributed by atoms with Gasteiger partial charge in [-0.25, -0.2) is 4.79 Å². The summed E-state index contributed by atoms with van der Waals surface area (Å²) in [5, 5.41) is 3.32. The number of carbonyl (C=O) groups is 1. The monoisotopic (exact) mass is 250 g/mol. The molecule has 18 heavy (non-hydrogen) atoms. The Bertz CT molecular complexity index is 405. The number of esters is 1. The van der Waals surface area contributed by atoms with Gasteiger partial charge in [0, 0.05) is 17.4 Å². The first kappa shape index (κ1) is 14.4. The van der Waals surface area contributed by atoms with Gasteiger partial charge in [0.05, 0.1) is 12.2 Å². The predicted molar refractivity (Wildman–Crippen MR) is 74.8 cm³/mol. The van der Waals surface area contributed by atoms with Crippen LogP contribution in [0.2, 0.25) is 0 Å². The summed E-state index contributed by atoms with van der Waals surface area (Å²) >= 11 is 0. The minimum atomic E-state index is -0.337. The first-order chi connectivity index (χ1) is 8.58. The average Bonchev–Trinajstić information content (AvgIpc) is 2.32. The number of hydrogen-bond acceptors (Lipinski definition) is 4. The van der Waals surface area contributed by atoms with Crippen LogP contribution in [0.25, 0.3) is 0 Å². The second kappa shape index (κ2) is 6.89. The topological polar surface area (TPSA) is 64.3 Å². The fourth-order valence-corrected chi connectivity index (χ4v) is 1.84. The largest absolute Gasteiger partial charge is 0.462 e. The zero-order chi connectivity index (χ0) is 13.5. The van der Waals surface area contributed by atoms with E-state index in [1.807, 2.05) is 6.07 Å². The molecule has 0 radical (unpaired) electrons. The Hall–Kier alpha value is -1.71. The van der Waals surface area contributed by atoms with Crippen LogP contribution in [0, 0.1) is 0 Å². The van der Waals surface area contributed by atoms with Gasteiger partial charge in [-0.2, -0.15) is 0 Å². The lowest BCUT2D eigenvalue weighted by Gasteiger charge is -2.17. The summed E-state index contributed by atoms with van der Waals surface area (Å²) in [6.07, 6.45) is 2.14. The lowest BCUT2D eigenvalue weighted by Crippen LogP contribution is -2.18. The molecule has 0 aromatic heterocycles. The second-order valence-electron chi connectivity index (χ2n) is 4.36. The third kappa shape index (κ3) is 3.95. The van der Waals surface area contributed by atoms with Crippen molar-refractivity contribution in [2.45, 2.75) is 39.7 Å². The number of nitrogen functional groups attached to an aromatic ring is 1. The number of hydrogen-bond donors (Lipinski definition) is 2. The van der Waals surface area contributed by atoms with E-state index in [1.165, 1.54) is 0 Å². The highest BCUT2D eigenvalue weighted by atomic mass is 16.5. The molecule has 0 unspecified atom stereocenters. The summed E-state index contributed by atoms with van der Waals surface area (Å²) in [4.78, 5) is 11.8. The quantitative estimate of drug-likeness (QED) is 0.601. The molecule has 0 aliphatic rings. The molecule has 1 rings (SSSR count). The maximum atomic E-state index is 11.8. The van der Waals surface area contributed by atoms with E-state index in [0.717, 1.165) is 18.5 Å². The summed E-state index contributed by atoms with van der Waals surface area (Å²) in [6.45, 7) is 6.37. The average molecular weight is 250 g/mol. The molecule has 0 saturated heterocycles. The van der Waals surface area contributed by atoms with E-state index < -0.39 is 0 Å². The first-order valence-corrected chi connectivity index (χ1v) is 6.41. The van der Waals surface area contributed by atoms with Gasteiger partial charge in [-0.15, -0.1) is 0 Å². The molecule has 0 aliphatic heterocycles. The smallest absolute Gasteiger partial charge is 0.340 e. The van der Waals surface area contributed by atoms with Crippen molar-refractivity contribution in [1.29, 1.82) is 0 Å². The molecular weight excluding hydrogens is 228 g/mol. The van der Waals surface area contributed by atoms with Crippen molar-refractivity contribution in [3.05, 3.63) is 23.8 Å². The predicted octanol–water partition coefficient (Wildman–Crippen LogP) is 3.05. The van der Waals surface area contributed by atoms with Crippen molar-refractivity contribution in [3.8, 4) is 0 Å². The van der Waals surface area contributed by atoms with Crippen LogP contribution in [0.3, 0.4) is 0 Å². The van der Waals surface area contributed by atoms with Gasteiger partial charge in [-0.05, 0) is 38.5 Å². The van der Waals surface area contributed by atoms with Crippen LogP contribution >= 0.6 is 0 Å². The van der Waals surface area contributed by atoms with Crippen molar-refractivity contribution in [2.24, 2.45) is 0 Å². The molecule has 0 aliphatic carbocycles. The van der Waals surface area contributed by atoms with E-state index in [9.17, 15) is 4.79 Å². The van der Waals surface area contributed by atoms with Crippen LogP contribution in [0.15, 0.2) is 18.2 Å². The van der Waals surface area contributed by atoms with Crippen LogP contribution in [0.5, 0.6) is 0 Å². The Balaban J connectivity index is 2.92. The van der Waals surface area contributed by atoms with Crippen molar-refractivity contribution < 1.29 is 9.53 Å². The van der Waals surface area contributed by atoms with Crippen molar-refractivity contribution >= 4 is 17.3 Å². The van der Waals surface area contributed by atoms with Gasteiger partial charge in [0.2, 0.25) is 0 Å². The fourth-order valence-electron chi connectivity index (χ4n) is 1.84. The first-order valence-electron chi connectivity index (χ1n) is 6.41. The zero-order valence-electron chi connectivity index (χ0n) is 11.3. The normalized spacial score (nSPS) is 11.9. The van der Waals surface area contributed by atoms with Gasteiger partial charge < -0.3 is 15.8 Å². The Morgan fingerprint density at radius 3 is 2.78 bits per heavy atom. The van der Waals surface area contributed by atoms with Gasteiger partial charge in [0.1, 0.15) is 0 Å². The molecule has 0 fully saturated rings. The summed E-state index contributed by atoms with van der Waals surface area (Å²) in [6, 6.07) is 5.57. The molecular formula is C14H22N2O2. The highest BCUT2D eigenvalue weighted by Crippen LogP contribution is 2.21. The van der Waals surface area contributed by atoms with Crippen LogP contribution in [0.4, 0.5) is 11.4 Å². The Morgan fingerprint density at radius 1 is 1.44 bits per heavy atom. The van der Waals surface area contributed by atoms with Gasteiger partial charge in [-0.1, -0.05) is 13.3 Å². The fraction of sp³-hybridized carbons (Fsp3) is 0.500. The molecule has 3 N–H and O–H groups in total. The SMILES string of the molecule is CCC[C@H](C)Nc1ccc(N)cc1C(=O)OCC. The van der Waals surface area contributed by atoms with Gasteiger partial charge in [-0.3, -0.25) is 0 Å². The number of nitrogens with one attached hydrogen (secondary N) is 1. The molecule has 1 atom stereocenters. The molecule has 0 saturated carbocycles. The number of benzene rings is 1. The molecule has 1 aromatic rings. The minimum absolute atomic E-state index is 0.312. The maximum absolute atomic E-state index is 11.8. The van der Waals surface area contributed by atoms with Crippen molar-refractivity contribution in [1.82, 2.24) is 0 Å². The standard InChI is InChI=1S/C14H22N2O2/c1-4-6-10(3)16-13-8-7-11(15)9-12(13)14(17)18-5-2/h7-10,16H,4-6,15H2,1-3H3/t10-/m0/s1. The Morgan fingerprint density at radius 2 is 2.17 bits per heavy atom. The molecule has 4 nitrogen and oxygen atoms in total. The second-order valence-corrected chi connectivity index (χ2v) is 4.36. The summed E-state index contributed by atoms with van der Waals surface area (Å²) < 4.78 is 5.03. The van der Waals surface area contributed by atoms with Crippen molar-refractivity contribution in [3.63, 3.8) is 0 Å². The van der Waals surface area contributed by atoms with E-state index >= 15 is 0 Å². The van der Waals surface area contributed by atoms with E-state index in [-0.39, 0.29) is 5.97 Å². The lowest BCUT2D eigenvalue weighted by atomic mass is 10.1. The third-order valence-corrected chi connectivity index (χ3v) is 2.66. The molecule has 0 bridgehead atoms. The highest BCUT2D eigenvalue weighted by Gasteiger charge is 2.14. The number of rotatable bonds is 6. The number of carbonyl (C=O) groups excluding carboxylic acids is 1. The van der Waals surface area contributed by atoms with Gasteiger partial charge >= 0.3 is 5.97 Å². The summed E-state index contributed by atoms with van der Waals surface area (Å²) in [7, 11) is 0. The summed E-state index contributed by atoms with van der Waals surface area (Å²) in [5.74, 6) is -0.337. The van der Waals surface area contributed by atoms with Crippen LogP contribution < -0.4 is 11.1 Å². The molecule has 0 amide bonds. The summed E-state index contributed by atoms with van der Waals surface area (Å²) in [5.41, 5.74) is 7.56. The van der Waals surface area contributed by atoms with Crippen LogP contribution in [-0.2, 0) is 4.74 Å². The van der Waals surface area contributed by atoms with E-state index in [4.69, 9.17) is 10.5 Å². The van der Waals surface area contributed by atoms with Gasteiger partial charge in [0.25, 0.3) is 0 Å². The molecule has 100 valence electrons. The maximum Gasteiger partial charge on any atom is 0.340 e. The van der Waals surface area contributed by atoms with E-state index in [1.54, 1.807) is 19.1 Å². The zero-order valence-corrected chi connectivity index (χ0v) is 11.3. The number of anilines is 2. The molecule has 4 heteroatoms. The van der Waals surface area contributed by atoms with Crippen molar-refractivity contribution in [2.75, 3.05) is 17.7 Å².